The molecule has 1 saturated heterocycles. The predicted molar refractivity (Wildman–Crippen MR) is 54.9 cm³/mol. The van der Waals surface area contributed by atoms with Crippen molar-refractivity contribution in [2.24, 2.45) is 0 Å². The van der Waals surface area contributed by atoms with Gasteiger partial charge in [-0.3, -0.25) is 0 Å². The fourth-order valence-corrected chi connectivity index (χ4v) is 1.76. The molecule has 4 heteroatoms. The van der Waals surface area contributed by atoms with Gasteiger partial charge in [0.1, 0.15) is 6.04 Å². The van der Waals surface area contributed by atoms with E-state index in [9.17, 15) is 0 Å². The van der Waals surface area contributed by atoms with Gasteiger partial charge in [0.05, 0.1) is 6.07 Å². The van der Waals surface area contributed by atoms with Crippen molar-refractivity contribution in [1.29, 1.82) is 5.26 Å². The second-order valence-electron chi connectivity index (χ2n) is 3.75. The first-order chi connectivity index (χ1) is 6.77. The Bertz CT molecular complexity index is 196. The number of hydrogen-bond acceptors (Lipinski definition) is 4. The molecular formula is C10H19N3O. The number of nitriles is 1. The molecule has 1 atom stereocenters. The smallest absolute Gasteiger partial charge is 0.108 e. The zero-order valence-corrected chi connectivity index (χ0v) is 8.99. The van der Waals surface area contributed by atoms with Gasteiger partial charge in [0.25, 0.3) is 0 Å². The van der Waals surface area contributed by atoms with E-state index < -0.39 is 0 Å². The number of hydrogen-bond donors (Lipinski definition) is 1. The molecule has 0 aliphatic carbocycles. The number of nitrogens with zero attached hydrogens (tertiary/aromatic N) is 2. The Balaban J connectivity index is 2.32. The van der Waals surface area contributed by atoms with Gasteiger partial charge >= 0.3 is 0 Å². The van der Waals surface area contributed by atoms with Crippen LogP contribution in [-0.4, -0.2) is 50.8 Å². The van der Waals surface area contributed by atoms with Crippen molar-refractivity contribution in [1.82, 2.24) is 10.2 Å². The minimum atomic E-state index is -0.0668. The third-order valence-corrected chi connectivity index (χ3v) is 2.79. The van der Waals surface area contributed by atoms with Crippen LogP contribution in [0.2, 0.25) is 0 Å². The molecular weight excluding hydrogens is 178 g/mol. The van der Waals surface area contributed by atoms with E-state index in [-0.39, 0.29) is 6.04 Å². The number of nitrogens with one attached hydrogen (secondary N) is 1. The lowest BCUT2D eigenvalue weighted by Gasteiger charge is -2.32. The second-order valence-corrected chi connectivity index (χ2v) is 3.75. The Labute approximate surface area is 85.8 Å². The van der Waals surface area contributed by atoms with Crippen LogP contribution in [0.25, 0.3) is 0 Å². The van der Waals surface area contributed by atoms with Crippen LogP contribution in [0.5, 0.6) is 0 Å². The molecule has 1 N–H and O–H groups in total. The maximum absolute atomic E-state index is 8.81. The van der Waals surface area contributed by atoms with Crippen LogP contribution in [0.15, 0.2) is 0 Å². The largest absolute Gasteiger partial charge is 0.381 e. The topological polar surface area (TPSA) is 48.3 Å². The van der Waals surface area contributed by atoms with Gasteiger partial charge in [-0.1, -0.05) is 0 Å². The SMILES string of the molecule is CNC(C#N)CN(C)C1CCOCC1. The maximum Gasteiger partial charge on any atom is 0.108 e. The van der Waals surface area contributed by atoms with E-state index in [2.05, 4.69) is 23.3 Å². The average Bonchev–Trinajstić information content (AvgIpc) is 2.26. The Morgan fingerprint density at radius 1 is 1.57 bits per heavy atom. The molecule has 1 fully saturated rings. The average molecular weight is 197 g/mol. The highest BCUT2D eigenvalue weighted by molar-refractivity contribution is 4.91. The van der Waals surface area contributed by atoms with E-state index in [1.54, 1.807) is 0 Å². The fourth-order valence-electron chi connectivity index (χ4n) is 1.76. The van der Waals surface area contributed by atoms with Crippen LogP contribution in [0.4, 0.5) is 0 Å². The van der Waals surface area contributed by atoms with Crippen molar-refractivity contribution in [2.45, 2.75) is 24.9 Å². The molecule has 0 aromatic rings. The summed E-state index contributed by atoms with van der Waals surface area (Å²) in [7, 11) is 3.91. The molecule has 1 heterocycles. The lowest BCUT2D eigenvalue weighted by atomic mass is 10.1. The van der Waals surface area contributed by atoms with Crippen molar-refractivity contribution < 1.29 is 4.74 Å². The van der Waals surface area contributed by atoms with Crippen LogP contribution in [-0.2, 0) is 4.74 Å². The van der Waals surface area contributed by atoms with E-state index in [0.717, 1.165) is 32.6 Å². The van der Waals surface area contributed by atoms with E-state index >= 15 is 0 Å². The van der Waals surface area contributed by atoms with Crippen LogP contribution < -0.4 is 5.32 Å². The zero-order chi connectivity index (χ0) is 10.4. The molecule has 0 aromatic heterocycles. The summed E-state index contributed by atoms with van der Waals surface area (Å²) in [6.07, 6.45) is 2.16. The van der Waals surface area contributed by atoms with Gasteiger partial charge in [-0.25, -0.2) is 0 Å². The van der Waals surface area contributed by atoms with Crippen LogP contribution >= 0.6 is 0 Å². The van der Waals surface area contributed by atoms with Gasteiger partial charge in [-0.2, -0.15) is 5.26 Å². The summed E-state index contributed by atoms with van der Waals surface area (Å²) in [6.45, 7) is 2.50. The first-order valence-electron chi connectivity index (χ1n) is 5.12. The fraction of sp³-hybridized carbons (Fsp3) is 0.900. The summed E-state index contributed by atoms with van der Waals surface area (Å²) in [6, 6.07) is 2.75. The molecule has 1 rings (SSSR count). The van der Waals surface area contributed by atoms with Gasteiger partial charge in [0.2, 0.25) is 0 Å². The third-order valence-electron chi connectivity index (χ3n) is 2.79. The summed E-state index contributed by atoms with van der Waals surface area (Å²) in [5, 5.41) is 11.8. The quantitative estimate of drug-likeness (QED) is 0.700. The molecule has 1 aliphatic rings. The van der Waals surface area contributed by atoms with E-state index in [1.165, 1.54) is 0 Å². The van der Waals surface area contributed by atoms with E-state index in [4.69, 9.17) is 10.00 Å². The molecule has 1 unspecified atom stereocenters. The second kappa shape index (κ2) is 5.97. The minimum absolute atomic E-state index is 0.0668. The summed E-state index contributed by atoms with van der Waals surface area (Å²) in [5.41, 5.74) is 0. The molecule has 0 amide bonds. The normalized spacial score (nSPS) is 20.7. The van der Waals surface area contributed by atoms with Gasteiger partial charge < -0.3 is 15.0 Å². The first-order valence-corrected chi connectivity index (χ1v) is 5.12. The van der Waals surface area contributed by atoms with Crippen molar-refractivity contribution in [2.75, 3.05) is 33.9 Å². The van der Waals surface area contributed by atoms with Gasteiger partial charge in [0.15, 0.2) is 0 Å². The highest BCUT2D eigenvalue weighted by Gasteiger charge is 2.20. The summed E-state index contributed by atoms with van der Waals surface area (Å²) < 4.78 is 5.30. The van der Waals surface area contributed by atoms with Crippen molar-refractivity contribution in [3.05, 3.63) is 0 Å². The molecule has 14 heavy (non-hydrogen) atoms. The molecule has 1 aliphatic heterocycles. The molecule has 0 radical (unpaired) electrons. The number of likely N-dealkylation sites (N-methyl/N-ethyl adjacent to an activating group) is 2. The van der Waals surface area contributed by atoms with Gasteiger partial charge in [0, 0.05) is 25.8 Å². The third kappa shape index (κ3) is 3.26. The molecule has 0 saturated carbocycles. The summed E-state index contributed by atoms with van der Waals surface area (Å²) in [5.74, 6) is 0. The Morgan fingerprint density at radius 2 is 2.21 bits per heavy atom. The predicted octanol–water partition coefficient (Wildman–Crippen LogP) is 0.209. The Morgan fingerprint density at radius 3 is 2.71 bits per heavy atom. The molecule has 80 valence electrons. The summed E-state index contributed by atoms with van der Waals surface area (Å²) >= 11 is 0. The van der Waals surface area contributed by atoms with Crippen molar-refractivity contribution in [3.63, 3.8) is 0 Å². The van der Waals surface area contributed by atoms with Gasteiger partial charge in [-0.05, 0) is 26.9 Å². The Kier molecular flexibility index (Phi) is 4.88. The van der Waals surface area contributed by atoms with Gasteiger partial charge in [-0.15, -0.1) is 0 Å². The first kappa shape index (κ1) is 11.4. The maximum atomic E-state index is 8.81. The van der Waals surface area contributed by atoms with Crippen molar-refractivity contribution in [3.8, 4) is 6.07 Å². The Hall–Kier alpha value is -0.630. The minimum Gasteiger partial charge on any atom is -0.381 e. The number of rotatable bonds is 4. The zero-order valence-electron chi connectivity index (χ0n) is 8.99. The molecule has 4 nitrogen and oxygen atoms in total. The van der Waals surface area contributed by atoms with Crippen LogP contribution in [0.3, 0.4) is 0 Å². The standard InChI is InChI=1S/C10H19N3O/c1-12-9(7-11)8-13(2)10-3-5-14-6-4-10/h9-10,12H,3-6,8H2,1-2H3. The molecule has 0 aromatic carbocycles. The number of ether oxygens (including phenoxy) is 1. The summed E-state index contributed by atoms with van der Waals surface area (Å²) in [4.78, 5) is 2.26. The highest BCUT2D eigenvalue weighted by Crippen LogP contribution is 2.12. The lowest BCUT2D eigenvalue weighted by Crippen LogP contribution is -2.43. The van der Waals surface area contributed by atoms with E-state index in [0.29, 0.717) is 6.04 Å². The monoisotopic (exact) mass is 197 g/mol. The highest BCUT2D eigenvalue weighted by atomic mass is 16.5. The molecule has 0 bridgehead atoms. The lowest BCUT2D eigenvalue weighted by molar-refractivity contribution is 0.0419. The van der Waals surface area contributed by atoms with Crippen LogP contribution in [0, 0.1) is 11.3 Å². The van der Waals surface area contributed by atoms with E-state index in [1.807, 2.05) is 7.05 Å². The van der Waals surface area contributed by atoms with Crippen molar-refractivity contribution >= 4 is 0 Å². The van der Waals surface area contributed by atoms with Crippen LogP contribution in [0.1, 0.15) is 12.8 Å². The molecule has 0 spiro atoms.